The van der Waals surface area contributed by atoms with Gasteiger partial charge in [-0.2, -0.15) is 0 Å². The Hall–Kier alpha value is -1.00. The van der Waals surface area contributed by atoms with E-state index in [0.717, 1.165) is 25.7 Å². The van der Waals surface area contributed by atoms with Gasteiger partial charge in [0.25, 0.3) is 0 Å². The van der Waals surface area contributed by atoms with Gasteiger partial charge in [0.2, 0.25) is 5.91 Å². The Morgan fingerprint density at radius 2 is 2.21 bits per heavy atom. The maximum absolute atomic E-state index is 12.3. The molecule has 0 aromatic heterocycles. The van der Waals surface area contributed by atoms with E-state index in [4.69, 9.17) is 0 Å². The largest absolute Gasteiger partial charge is 0.396 e. The molecule has 3 unspecified atom stereocenters. The maximum Gasteiger partial charge on any atom is 0.234 e. The highest BCUT2D eigenvalue weighted by Crippen LogP contribution is 2.37. The average molecular weight is 277 g/mol. The monoisotopic (exact) mass is 277 g/mol. The minimum Gasteiger partial charge on any atom is -0.396 e. The Morgan fingerprint density at radius 3 is 3.00 bits per heavy atom. The molecule has 1 aromatic rings. The lowest BCUT2D eigenvalue weighted by Gasteiger charge is -2.20. The van der Waals surface area contributed by atoms with Crippen LogP contribution in [0.15, 0.2) is 29.2 Å². The molecule has 0 spiro atoms. The van der Waals surface area contributed by atoms with Crippen molar-refractivity contribution in [3.05, 3.63) is 29.8 Å². The highest BCUT2D eigenvalue weighted by atomic mass is 32.2. The van der Waals surface area contributed by atoms with Crippen molar-refractivity contribution in [3.8, 4) is 0 Å². The van der Waals surface area contributed by atoms with E-state index in [0.29, 0.717) is 0 Å². The van der Waals surface area contributed by atoms with Gasteiger partial charge in [-0.25, -0.2) is 0 Å². The zero-order valence-electron chi connectivity index (χ0n) is 10.8. The van der Waals surface area contributed by atoms with Crippen LogP contribution in [0.1, 0.15) is 24.8 Å². The average Bonchev–Trinajstić information content (AvgIpc) is 3.03. The molecule has 1 aliphatic heterocycles. The van der Waals surface area contributed by atoms with Crippen LogP contribution < -0.4 is 5.32 Å². The Labute approximate surface area is 117 Å². The van der Waals surface area contributed by atoms with E-state index in [-0.39, 0.29) is 29.7 Å². The van der Waals surface area contributed by atoms with Gasteiger partial charge in [0.15, 0.2) is 0 Å². The van der Waals surface area contributed by atoms with Crippen LogP contribution in [-0.2, 0) is 11.2 Å². The molecule has 3 rings (SSSR count). The predicted octanol–water partition coefficient (Wildman–Crippen LogP) is 1.98. The minimum atomic E-state index is -0.00246. The Kier molecular flexibility index (Phi) is 3.80. The summed E-state index contributed by atoms with van der Waals surface area (Å²) < 4.78 is 0. The predicted molar refractivity (Wildman–Crippen MR) is 76.1 cm³/mol. The van der Waals surface area contributed by atoms with E-state index in [2.05, 4.69) is 17.4 Å². The number of carbonyl (C=O) groups is 1. The summed E-state index contributed by atoms with van der Waals surface area (Å²) >= 11 is 1.66. The van der Waals surface area contributed by atoms with Gasteiger partial charge in [-0.1, -0.05) is 24.6 Å². The summed E-state index contributed by atoms with van der Waals surface area (Å²) in [7, 11) is 0. The van der Waals surface area contributed by atoms with Crippen molar-refractivity contribution in [1.82, 2.24) is 5.32 Å². The van der Waals surface area contributed by atoms with Crippen LogP contribution in [0, 0.1) is 5.92 Å². The molecule has 2 aliphatic rings. The van der Waals surface area contributed by atoms with Gasteiger partial charge in [-0.05, 0) is 30.9 Å². The highest BCUT2D eigenvalue weighted by Gasteiger charge is 2.33. The Morgan fingerprint density at radius 1 is 1.37 bits per heavy atom. The molecule has 19 heavy (non-hydrogen) atoms. The van der Waals surface area contributed by atoms with E-state index in [1.807, 2.05) is 12.1 Å². The lowest BCUT2D eigenvalue weighted by Crippen LogP contribution is -2.42. The molecule has 1 saturated carbocycles. The fraction of sp³-hybridized carbons (Fsp3) is 0.533. The van der Waals surface area contributed by atoms with Crippen LogP contribution in [0.5, 0.6) is 0 Å². The number of thioether (sulfide) groups is 1. The number of hydrogen-bond donors (Lipinski definition) is 2. The topological polar surface area (TPSA) is 49.3 Å². The summed E-state index contributed by atoms with van der Waals surface area (Å²) in [5, 5.41) is 12.4. The van der Waals surface area contributed by atoms with Crippen molar-refractivity contribution < 1.29 is 9.90 Å². The summed E-state index contributed by atoms with van der Waals surface area (Å²) in [6.07, 6.45) is 3.96. The van der Waals surface area contributed by atoms with Crippen molar-refractivity contribution >= 4 is 17.7 Å². The van der Waals surface area contributed by atoms with Gasteiger partial charge in [-0.15, -0.1) is 11.8 Å². The van der Waals surface area contributed by atoms with Gasteiger partial charge in [0.05, 0.1) is 5.25 Å². The number of fused-ring (bicyclic) bond motifs is 1. The second-order valence-corrected chi connectivity index (χ2v) is 6.65. The number of aliphatic hydroxyl groups excluding tert-OH is 1. The standard InChI is InChI=1S/C15H19NO2S/c17-9-11-5-3-6-12(11)16-15(18)14-8-10-4-1-2-7-13(10)19-14/h1-2,4,7,11-12,14,17H,3,5-6,8-9H2,(H,16,18). The van der Waals surface area contributed by atoms with Crippen molar-refractivity contribution in [2.75, 3.05) is 6.61 Å². The maximum atomic E-state index is 12.3. The molecule has 2 N–H and O–H groups in total. The van der Waals surface area contributed by atoms with Crippen LogP contribution in [0.3, 0.4) is 0 Å². The molecule has 0 radical (unpaired) electrons. The fourth-order valence-corrected chi connectivity index (χ4v) is 4.25. The fourth-order valence-electron chi connectivity index (χ4n) is 3.05. The first-order valence-electron chi connectivity index (χ1n) is 6.93. The van der Waals surface area contributed by atoms with Crippen LogP contribution in [0.2, 0.25) is 0 Å². The highest BCUT2D eigenvalue weighted by molar-refractivity contribution is 8.01. The SMILES string of the molecule is O=C(NC1CCCC1CO)C1Cc2ccccc2S1. The van der Waals surface area contributed by atoms with E-state index in [1.54, 1.807) is 11.8 Å². The van der Waals surface area contributed by atoms with Crippen molar-refractivity contribution in [3.63, 3.8) is 0 Å². The molecular weight excluding hydrogens is 258 g/mol. The molecular formula is C15H19NO2S. The third-order valence-electron chi connectivity index (χ3n) is 4.16. The molecule has 102 valence electrons. The summed E-state index contributed by atoms with van der Waals surface area (Å²) in [6, 6.07) is 8.39. The van der Waals surface area contributed by atoms with Gasteiger partial charge >= 0.3 is 0 Å². The number of hydrogen-bond acceptors (Lipinski definition) is 3. The van der Waals surface area contributed by atoms with Crippen LogP contribution in [0.25, 0.3) is 0 Å². The smallest absolute Gasteiger partial charge is 0.234 e. The number of carbonyl (C=O) groups excluding carboxylic acids is 1. The zero-order valence-corrected chi connectivity index (χ0v) is 11.7. The number of nitrogens with one attached hydrogen (secondary N) is 1. The molecule has 3 nitrogen and oxygen atoms in total. The van der Waals surface area contributed by atoms with E-state index in [9.17, 15) is 9.90 Å². The lowest BCUT2D eigenvalue weighted by atomic mass is 10.0. The second-order valence-electron chi connectivity index (χ2n) is 5.41. The first kappa shape index (κ1) is 13.0. The Bertz CT molecular complexity index is 452. The van der Waals surface area contributed by atoms with Crippen LogP contribution in [-0.4, -0.2) is 28.9 Å². The number of aliphatic hydroxyl groups is 1. The lowest BCUT2D eigenvalue weighted by molar-refractivity contribution is -0.121. The number of rotatable bonds is 3. The number of amides is 1. The zero-order chi connectivity index (χ0) is 13.2. The molecule has 1 fully saturated rings. The molecule has 1 heterocycles. The van der Waals surface area contributed by atoms with Crippen molar-refractivity contribution in [2.45, 2.75) is 41.9 Å². The minimum absolute atomic E-state index is 0.00246. The summed E-state index contributed by atoms with van der Waals surface area (Å²) in [6.45, 7) is 0.184. The van der Waals surface area contributed by atoms with Gasteiger partial charge < -0.3 is 10.4 Å². The van der Waals surface area contributed by atoms with Gasteiger partial charge in [0, 0.05) is 23.5 Å². The van der Waals surface area contributed by atoms with E-state index < -0.39 is 0 Å². The normalized spacial score (nSPS) is 29.2. The first-order chi connectivity index (χ1) is 9.28. The number of benzene rings is 1. The van der Waals surface area contributed by atoms with Gasteiger partial charge in [-0.3, -0.25) is 4.79 Å². The van der Waals surface area contributed by atoms with E-state index >= 15 is 0 Å². The van der Waals surface area contributed by atoms with Crippen molar-refractivity contribution in [2.24, 2.45) is 5.92 Å². The summed E-state index contributed by atoms with van der Waals surface area (Å²) in [5.41, 5.74) is 1.28. The quantitative estimate of drug-likeness (QED) is 0.888. The molecule has 0 bridgehead atoms. The molecule has 3 atom stereocenters. The molecule has 0 saturated heterocycles. The molecule has 1 amide bonds. The molecule has 1 aromatic carbocycles. The van der Waals surface area contributed by atoms with Crippen molar-refractivity contribution in [1.29, 1.82) is 0 Å². The Balaban J connectivity index is 1.61. The summed E-state index contributed by atoms with van der Waals surface area (Å²) in [5.74, 6) is 0.379. The first-order valence-corrected chi connectivity index (χ1v) is 7.81. The van der Waals surface area contributed by atoms with Crippen LogP contribution >= 0.6 is 11.8 Å². The molecule has 4 heteroatoms. The van der Waals surface area contributed by atoms with Crippen LogP contribution in [0.4, 0.5) is 0 Å². The third kappa shape index (κ3) is 2.65. The summed E-state index contributed by atoms with van der Waals surface area (Å²) in [4.78, 5) is 13.5. The second kappa shape index (κ2) is 5.55. The van der Waals surface area contributed by atoms with E-state index in [1.165, 1.54) is 10.5 Å². The third-order valence-corrected chi connectivity index (χ3v) is 5.48. The molecule has 1 aliphatic carbocycles. The van der Waals surface area contributed by atoms with Gasteiger partial charge in [0.1, 0.15) is 0 Å².